The lowest BCUT2D eigenvalue weighted by molar-refractivity contribution is -0.136. The van der Waals surface area contributed by atoms with Crippen molar-refractivity contribution in [3.8, 4) is 5.75 Å². The summed E-state index contributed by atoms with van der Waals surface area (Å²) in [6.45, 7) is 0.383. The van der Waals surface area contributed by atoms with Gasteiger partial charge in [0.1, 0.15) is 12.4 Å². The summed E-state index contributed by atoms with van der Waals surface area (Å²) < 4.78 is 5.88. The van der Waals surface area contributed by atoms with Gasteiger partial charge in [-0.25, -0.2) is 5.43 Å². The summed E-state index contributed by atoms with van der Waals surface area (Å²) in [5, 5.41) is 9.46. The van der Waals surface area contributed by atoms with Gasteiger partial charge in [0, 0.05) is 11.6 Å². The van der Waals surface area contributed by atoms with Gasteiger partial charge in [-0.3, -0.25) is 14.4 Å². The third-order valence-corrected chi connectivity index (χ3v) is 6.09. The molecule has 3 aromatic rings. The Morgan fingerprint density at radius 3 is 2.35 bits per heavy atom. The molecule has 190 valence electrons. The molecule has 1 aliphatic carbocycles. The van der Waals surface area contributed by atoms with E-state index in [1.54, 1.807) is 36.4 Å². The van der Waals surface area contributed by atoms with Crippen molar-refractivity contribution >= 4 is 29.6 Å². The van der Waals surface area contributed by atoms with Gasteiger partial charge < -0.3 is 15.4 Å². The number of ether oxygens (including phenoxy) is 1. The van der Waals surface area contributed by atoms with Crippen LogP contribution in [0.15, 0.2) is 84.0 Å². The molecule has 0 saturated heterocycles. The molecule has 1 aliphatic rings. The number of nitrogens with zero attached hydrogens (tertiary/aromatic N) is 1. The summed E-state index contributed by atoms with van der Waals surface area (Å²) in [6, 6.07) is 23.7. The molecular formula is C29H30N4O4. The van der Waals surface area contributed by atoms with Crippen molar-refractivity contribution in [2.24, 2.45) is 5.10 Å². The largest absolute Gasteiger partial charge is 0.488 e. The van der Waals surface area contributed by atoms with Gasteiger partial charge in [0.05, 0.1) is 17.5 Å². The predicted molar refractivity (Wildman–Crippen MR) is 142 cm³/mol. The van der Waals surface area contributed by atoms with Crippen molar-refractivity contribution in [3.05, 3.63) is 95.6 Å². The summed E-state index contributed by atoms with van der Waals surface area (Å²) in [5.41, 5.74) is 4.46. The van der Waals surface area contributed by atoms with Crippen LogP contribution in [0, 0.1) is 0 Å². The molecule has 8 heteroatoms. The molecule has 3 amide bonds. The normalized spacial score (nSPS) is 13.6. The van der Waals surface area contributed by atoms with Gasteiger partial charge in [0.2, 0.25) is 0 Å². The first kappa shape index (κ1) is 25.6. The van der Waals surface area contributed by atoms with Crippen molar-refractivity contribution in [1.82, 2.24) is 10.7 Å². The lowest BCUT2D eigenvalue weighted by Crippen LogP contribution is -2.37. The Balaban J connectivity index is 1.33. The molecule has 0 unspecified atom stereocenters. The Hall–Kier alpha value is -4.46. The van der Waals surface area contributed by atoms with E-state index in [4.69, 9.17) is 4.74 Å². The fourth-order valence-corrected chi connectivity index (χ4v) is 4.14. The summed E-state index contributed by atoms with van der Waals surface area (Å²) in [6.07, 6.45) is 6.67. The van der Waals surface area contributed by atoms with Crippen LogP contribution in [0.4, 0.5) is 5.69 Å². The minimum atomic E-state index is -0.957. The zero-order chi connectivity index (χ0) is 25.9. The molecule has 0 aliphatic heterocycles. The fourth-order valence-electron chi connectivity index (χ4n) is 4.14. The lowest BCUT2D eigenvalue weighted by atomic mass is 9.95. The van der Waals surface area contributed by atoms with Gasteiger partial charge in [0.25, 0.3) is 5.91 Å². The van der Waals surface area contributed by atoms with Gasteiger partial charge in [-0.1, -0.05) is 73.9 Å². The molecule has 0 aromatic heterocycles. The number of para-hydroxylation sites is 2. The number of anilines is 1. The Kier molecular flexibility index (Phi) is 9.02. The molecule has 0 bridgehead atoms. The molecule has 1 saturated carbocycles. The second kappa shape index (κ2) is 13.0. The van der Waals surface area contributed by atoms with E-state index in [0.29, 0.717) is 23.5 Å². The highest BCUT2D eigenvalue weighted by atomic mass is 16.5. The number of hydrogen-bond donors (Lipinski definition) is 3. The molecule has 1 fully saturated rings. The first-order valence-electron chi connectivity index (χ1n) is 12.4. The first-order chi connectivity index (χ1) is 18.1. The standard InChI is InChI=1S/C29H30N4O4/c34-27(31-23-14-5-2-6-15-23)24-16-8-9-17-25(24)32-28(35)29(36)33-30-19-22-13-7-10-18-26(22)37-20-21-11-3-1-4-12-21/h1,3-4,7-13,16-19,23H,2,5-6,14-15,20H2,(H,31,34)(H,32,35)(H,33,36). The third-order valence-electron chi connectivity index (χ3n) is 6.09. The first-order valence-corrected chi connectivity index (χ1v) is 12.4. The van der Waals surface area contributed by atoms with Gasteiger partial charge in [-0.2, -0.15) is 5.10 Å². The van der Waals surface area contributed by atoms with Crippen LogP contribution in [-0.4, -0.2) is 30.0 Å². The third kappa shape index (κ3) is 7.51. The molecular weight excluding hydrogens is 468 g/mol. The average Bonchev–Trinajstić information content (AvgIpc) is 2.94. The van der Waals surface area contributed by atoms with E-state index in [1.165, 1.54) is 12.6 Å². The predicted octanol–water partition coefficient (Wildman–Crippen LogP) is 4.42. The van der Waals surface area contributed by atoms with E-state index < -0.39 is 11.8 Å². The Morgan fingerprint density at radius 2 is 1.54 bits per heavy atom. The number of carbonyl (C=O) groups is 3. The Labute approximate surface area is 216 Å². The summed E-state index contributed by atoms with van der Waals surface area (Å²) >= 11 is 0. The monoisotopic (exact) mass is 498 g/mol. The molecule has 37 heavy (non-hydrogen) atoms. The number of rotatable bonds is 8. The van der Waals surface area contributed by atoms with Gasteiger partial charge >= 0.3 is 11.8 Å². The summed E-state index contributed by atoms with van der Waals surface area (Å²) in [7, 11) is 0. The number of amides is 3. The molecule has 8 nitrogen and oxygen atoms in total. The van der Waals surface area contributed by atoms with Gasteiger partial charge in [0.15, 0.2) is 0 Å². The molecule has 4 rings (SSSR count). The van der Waals surface area contributed by atoms with Crippen LogP contribution in [-0.2, 0) is 16.2 Å². The second-order valence-corrected chi connectivity index (χ2v) is 8.82. The van der Waals surface area contributed by atoms with E-state index in [1.807, 2.05) is 42.5 Å². The van der Waals surface area contributed by atoms with Crippen LogP contribution in [0.25, 0.3) is 0 Å². The quantitative estimate of drug-likeness (QED) is 0.243. The zero-order valence-electron chi connectivity index (χ0n) is 20.5. The van der Waals surface area contributed by atoms with Crippen molar-refractivity contribution in [2.45, 2.75) is 44.8 Å². The molecule has 0 spiro atoms. The number of carbonyl (C=O) groups excluding carboxylic acids is 3. The van der Waals surface area contributed by atoms with E-state index in [2.05, 4.69) is 21.2 Å². The lowest BCUT2D eigenvalue weighted by Gasteiger charge is -2.23. The van der Waals surface area contributed by atoms with Crippen molar-refractivity contribution in [1.29, 1.82) is 0 Å². The minimum Gasteiger partial charge on any atom is -0.488 e. The highest BCUT2D eigenvalue weighted by Gasteiger charge is 2.20. The molecule has 0 heterocycles. The summed E-state index contributed by atoms with van der Waals surface area (Å²) in [4.78, 5) is 37.6. The fraction of sp³-hybridized carbons (Fsp3) is 0.241. The number of hydrogen-bond acceptors (Lipinski definition) is 5. The molecule has 0 atom stereocenters. The van der Waals surface area contributed by atoms with E-state index in [0.717, 1.165) is 31.2 Å². The van der Waals surface area contributed by atoms with Crippen LogP contribution < -0.4 is 20.8 Å². The van der Waals surface area contributed by atoms with Crippen LogP contribution in [0.5, 0.6) is 5.75 Å². The highest BCUT2D eigenvalue weighted by Crippen LogP contribution is 2.20. The maximum absolute atomic E-state index is 12.8. The van der Waals surface area contributed by atoms with Gasteiger partial charge in [-0.05, 0) is 42.7 Å². The summed E-state index contributed by atoms with van der Waals surface area (Å²) in [5.74, 6) is -1.56. The SMILES string of the molecule is O=C(NN=Cc1ccccc1OCc1ccccc1)C(=O)Nc1ccccc1C(=O)NC1CCCCC1. The van der Waals surface area contributed by atoms with Crippen LogP contribution >= 0.6 is 0 Å². The van der Waals surface area contributed by atoms with E-state index >= 15 is 0 Å². The maximum Gasteiger partial charge on any atom is 0.329 e. The maximum atomic E-state index is 12.8. The van der Waals surface area contributed by atoms with Crippen molar-refractivity contribution < 1.29 is 19.1 Å². The van der Waals surface area contributed by atoms with E-state index in [-0.39, 0.29) is 17.6 Å². The minimum absolute atomic E-state index is 0.127. The zero-order valence-corrected chi connectivity index (χ0v) is 20.5. The van der Waals surface area contributed by atoms with Crippen LogP contribution in [0.2, 0.25) is 0 Å². The van der Waals surface area contributed by atoms with Crippen LogP contribution in [0.1, 0.15) is 53.6 Å². The topological polar surface area (TPSA) is 109 Å². The molecule has 0 radical (unpaired) electrons. The van der Waals surface area contributed by atoms with E-state index in [9.17, 15) is 14.4 Å². The number of nitrogens with one attached hydrogen (secondary N) is 3. The second-order valence-electron chi connectivity index (χ2n) is 8.82. The molecule has 3 aromatic carbocycles. The number of benzene rings is 3. The van der Waals surface area contributed by atoms with Crippen molar-refractivity contribution in [3.63, 3.8) is 0 Å². The highest BCUT2D eigenvalue weighted by molar-refractivity contribution is 6.40. The Bertz CT molecular complexity index is 1250. The van der Waals surface area contributed by atoms with Crippen LogP contribution in [0.3, 0.4) is 0 Å². The Morgan fingerprint density at radius 1 is 0.838 bits per heavy atom. The average molecular weight is 499 g/mol. The molecule has 3 N–H and O–H groups in total. The van der Waals surface area contributed by atoms with Gasteiger partial charge in [-0.15, -0.1) is 0 Å². The number of hydrazone groups is 1. The smallest absolute Gasteiger partial charge is 0.329 e. The van der Waals surface area contributed by atoms with Crippen molar-refractivity contribution in [2.75, 3.05) is 5.32 Å².